The smallest absolute Gasteiger partial charge is 0.273 e. The minimum Gasteiger partial charge on any atom is -0.368 e. The third-order valence-electron chi connectivity index (χ3n) is 5.34. The lowest BCUT2D eigenvalue weighted by Crippen LogP contribution is -2.49. The molecule has 0 atom stereocenters. The first-order valence-corrected chi connectivity index (χ1v) is 10.5. The second-order valence-electron chi connectivity index (χ2n) is 7.50. The normalized spacial score (nSPS) is 13.8. The molecule has 0 saturated carbocycles. The molecule has 8 nitrogen and oxygen atoms in total. The summed E-state index contributed by atoms with van der Waals surface area (Å²) in [6, 6.07) is 20.1. The Morgan fingerprint density at radius 1 is 0.903 bits per heavy atom. The standard InChI is InChI=1S/C23H26N6O2/c30-22(28-15-13-27(14-16-28)20-9-5-2-6-10-20)11-12-24-23(31)21-18-29(26-25-21)17-19-7-3-1-4-8-19/h1-10,18H,11-17H2,(H,24,31). The predicted octanol–water partition coefficient (Wildman–Crippen LogP) is 1.80. The van der Waals surface area contributed by atoms with E-state index in [1.807, 2.05) is 53.4 Å². The zero-order chi connectivity index (χ0) is 21.5. The highest BCUT2D eigenvalue weighted by atomic mass is 16.2. The Hall–Kier alpha value is -3.68. The molecule has 0 radical (unpaired) electrons. The van der Waals surface area contributed by atoms with Gasteiger partial charge in [-0.1, -0.05) is 53.7 Å². The van der Waals surface area contributed by atoms with Crippen LogP contribution in [0, 0.1) is 0 Å². The molecular weight excluding hydrogens is 392 g/mol. The fourth-order valence-electron chi connectivity index (χ4n) is 3.63. The number of para-hydroxylation sites is 1. The molecule has 0 spiro atoms. The summed E-state index contributed by atoms with van der Waals surface area (Å²) in [5.41, 5.74) is 2.51. The summed E-state index contributed by atoms with van der Waals surface area (Å²) in [6.07, 6.45) is 1.89. The van der Waals surface area contributed by atoms with Crippen molar-refractivity contribution in [2.45, 2.75) is 13.0 Å². The fourth-order valence-corrected chi connectivity index (χ4v) is 3.63. The number of aromatic nitrogens is 3. The second kappa shape index (κ2) is 9.88. The maximum atomic E-state index is 12.5. The van der Waals surface area contributed by atoms with Crippen LogP contribution in [-0.4, -0.2) is 64.4 Å². The van der Waals surface area contributed by atoms with Crippen LogP contribution in [0.2, 0.25) is 0 Å². The molecule has 1 aliphatic heterocycles. The molecule has 1 fully saturated rings. The van der Waals surface area contributed by atoms with Gasteiger partial charge in [0.25, 0.3) is 5.91 Å². The largest absolute Gasteiger partial charge is 0.368 e. The number of nitrogens with one attached hydrogen (secondary N) is 1. The molecule has 0 bridgehead atoms. The second-order valence-corrected chi connectivity index (χ2v) is 7.50. The Bertz CT molecular complexity index is 997. The van der Waals surface area contributed by atoms with Gasteiger partial charge in [-0.2, -0.15) is 0 Å². The van der Waals surface area contributed by atoms with Crippen molar-refractivity contribution in [2.24, 2.45) is 0 Å². The van der Waals surface area contributed by atoms with Crippen molar-refractivity contribution in [2.75, 3.05) is 37.6 Å². The molecule has 160 valence electrons. The summed E-state index contributed by atoms with van der Waals surface area (Å²) >= 11 is 0. The Morgan fingerprint density at radius 3 is 2.29 bits per heavy atom. The van der Waals surface area contributed by atoms with Gasteiger partial charge in [-0.25, -0.2) is 4.68 Å². The number of carbonyl (C=O) groups excluding carboxylic acids is 2. The topological polar surface area (TPSA) is 83.4 Å². The Kier molecular flexibility index (Phi) is 6.56. The van der Waals surface area contributed by atoms with Crippen molar-refractivity contribution in [3.63, 3.8) is 0 Å². The number of amides is 2. The molecule has 2 aromatic carbocycles. The molecule has 0 unspecified atom stereocenters. The van der Waals surface area contributed by atoms with Crippen molar-refractivity contribution in [3.05, 3.63) is 78.1 Å². The molecule has 1 saturated heterocycles. The van der Waals surface area contributed by atoms with E-state index in [1.165, 1.54) is 5.69 Å². The monoisotopic (exact) mass is 418 g/mol. The van der Waals surface area contributed by atoms with Crippen LogP contribution in [0.1, 0.15) is 22.5 Å². The van der Waals surface area contributed by atoms with Gasteiger partial charge in [0.1, 0.15) is 0 Å². The van der Waals surface area contributed by atoms with Crippen LogP contribution in [-0.2, 0) is 11.3 Å². The first-order chi connectivity index (χ1) is 15.2. The molecule has 2 amide bonds. The number of piperazine rings is 1. The van der Waals surface area contributed by atoms with Crippen LogP contribution in [0.3, 0.4) is 0 Å². The number of carbonyl (C=O) groups is 2. The molecule has 1 aromatic heterocycles. The lowest BCUT2D eigenvalue weighted by atomic mass is 10.2. The quantitative estimate of drug-likeness (QED) is 0.633. The molecule has 3 aromatic rings. The summed E-state index contributed by atoms with van der Waals surface area (Å²) in [6.45, 7) is 3.83. The zero-order valence-corrected chi connectivity index (χ0v) is 17.4. The van der Waals surface area contributed by atoms with Gasteiger partial charge in [-0.3, -0.25) is 9.59 Å². The van der Waals surface area contributed by atoms with E-state index in [9.17, 15) is 9.59 Å². The molecule has 2 heterocycles. The number of rotatable bonds is 7. The molecule has 8 heteroatoms. The van der Waals surface area contributed by atoms with Gasteiger partial charge in [-0.15, -0.1) is 5.10 Å². The summed E-state index contributed by atoms with van der Waals surface area (Å²) in [7, 11) is 0. The van der Waals surface area contributed by atoms with Crippen molar-refractivity contribution in [1.29, 1.82) is 0 Å². The summed E-state index contributed by atoms with van der Waals surface area (Å²) in [5.74, 6) is -0.262. The maximum absolute atomic E-state index is 12.5. The Balaban J connectivity index is 1.19. The van der Waals surface area contributed by atoms with E-state index in [1.54, 1.807) is 10.9 Å². The highest BCUT2D eigenvalue weighted by molar-refractivity contribution is 5.92. The van der Waals surface area contributed by atoms with Gasteiger partial charge < -0.3 is 15.1 Å². The van der Waals surface area contributed by atoms with Gasteiger partial charge in [0.2, 0.25) is 5.91 Å². The Morgan fingerprint density at radius 2 is 1.58 bits per heavy atom. The Labute approximate surface area is 181 Å². The predicted molar refractivity (Wildman–Crippen MR) is 118 cm³/mol. The third-order valence-corrected chi connectivity index (χ3v) is 5.34. The minimum atomic E-state index is -0.319. The average molecular weight is 419 g/mol. The van der Waals surface area contributed by atoms with Crippen LogP contribution in [0.4, 0.5) is 5.69 Å². The van der Waals surface area contributed by atoms with E-state index in [-0.39, 0.29) is 30.5 Å². The molecule has 31 heavy (non-hydrogen) atoms. The van der Waals surface area contributed by atoms with E-state index in [0.29, 0.717) is 19.6 Å². The first kappa shape index (κ1) is 20.6. The van der Waals surface area contributed by atoms with Gasteiger partial charge >= 0.3 is 0 Å². The van der Waals surface area contributed by atoms with Crippen LogP contribution >= 0.6 is 0 Å². The van der Waals surface area contributed by atoms with E-state index >= 15 is 0 Å². The maximum Gasteiger partial charge on any atom is 0.273 e. The summed E-state index contributed by atoms with van der Waals surface area (Å²) in [4.78, 5) is 28.9. The number of anilines is 1. The molecule has 0 aliphatic carbocycles. The van der Waals surface area contributed by atoms with Crippen LogP contribution in [0.25, 0.3) is 0 Å². The fraction of sp³-hybridized carbons (Fsp3) is 0.304. The highest BCUT2D eigenvalue weighted by Gasteiger charge is 2.21. The van der Waals surface area contributed by atoms with E-state index in [4.69, 9.17) is 0 Å². The van der Waals surface area contributed by atoms with Gasteiger partial charge in [0, 0.05) is 44.8 Å². The van der Waals surface area contributed by atoms with Gasteiger partial charge in [0.05, 0.1) is 12.7 Å². The lowest BCUT2D eigenvalue weighted by Gasteiger charge is -2.36. The van der Waals surface area contributed by atoms with Crippen molar-refractivity contribution >= 4 is 17.5 Å². The number of hydrogen-bond donors (Lipinski definition) is 1. The highest BCUT2D eigenvalue weighted by Crippen LogP contribution is 2.15. The van der Waals surface area contributed by atoms with Crippen molar-refractivity contribution < 1.29 is 9.59 Å². The summed E-state index contributed by atoms with van der Waals surface area (Å²) in [5, 5.41) is 10.7. The molecule has 4 rings (SSSR count). The summed E-state index contributed by atoms with van der Waals surface area (Å²) < 4.78 is 1.63. The number of benzene rings is 2. The van der Waals surface area contributed by atoms with Crippen molar-refractivity contribution in [3.8, 4) is 0 Å². The van der Waals surface area contributed by atoms with Crippen LogP contribution in [0.5, 0.6) is 0 Å². The molecular formula is C23H26N6O2. The average Bonchev–Trinajstić information content (AvgIpc) is 3.29. The number of hydrogen-bond acceptors (Lipinski definition) is 5. The van der Waals surface area contributed by atoms with Crippen molar-refractivity contribution in [1.82, 2.24) is 25.2 Å². The zero-order valence-electron chi connectivity index (χ0n) is 17.4. The first-order valence-electron chi connectivity index (χ1n) is 10.5. The lowest BCUT2D eigenvalue weighted by molar-refractivity contribution is -0.131. The van der Waals surface area contributed by atoms with E-state index < -0.39 is 0 Å². The molecule has 1 N–H and O–H groups in total. The van der Waals surface area contributed by atoms with E-state index in [2.05, 4.69) is 32.7 Å². The van der Waals surface area contributed by atoms with E-state index in [0.717, 1.165) is 18.7 Å². The third kappa shape index (κ3) is 5.48. The van der Waals surface area contributed by atoms with Crippen LogP contribution in [0.15, 0.2) is 66.9 Å². The molecule has 1 aliphatic rings. The SMILES string of the molecule is O=C(NCCC(=O)N1CCN(c2ccccc2)CC1)c1cn(Cc2ccccc2)nn1. The minimum absolute atomic E-state index is 0.0562. The number of nitrogens with zero attached hydrogens (tertiary/aromatic N) is 5. The van der Waals surface area contributed by atoms with Gasteiger partial charge in [0.15, 0.2) is 5.69 Å². The van der Waals surface area contributed by atoms with Gasteiger partial charge in [-0.05, 0) is 17.7 Å². The van der Waals surface area contributed by atoms with Crippen LogP contribution < -0.4 is 10.2 Å².